The summed E-state index contributed by atoms with van der Waals surface area (Å²) in [5.41, 5.74) is 0.162. The third kappa shape index (κ3) is 2.70. The van der Waals surface area contributed by atoms with Crippen LogP contribution in [0.5, 0.6) is 0 Å². The van der Waals surface area contributed by atoms with E-state index in [1.54, 1.807) is 0 Å². The van der Waals surface area contributed by atoms with Crippen LogP contribution < -0.4 is 0 Å². The standard InChI is InChI=1S/C8H15IN2O2/c1-3-10-4-8(2,5-10)6-11(9)7(12)13/h3-6H2,1-2H3,(H,12,13). The van der Waals surface area contributed by atoms with Gasteiger partial charge in [-0.05, 0) is 6.54 Å². The summed E-state index contributed by atoms with van der Waals surface area (Å²) >= 11 is 1.85. The van der Waals surface area contributed by atoms with Crippen LogP contribution in [0.1, 0.15) is 13.8 Å². The molecule has 1 aliphatic rings. The summed E-state index contributed by atoms with van der Waals surface area (Å²) in [5, 5.41) is 8.69. The molecule has 0 spiro atoms. The van der Waals surface area contributed by atoms with Crippen molar-refractivity contribution in [3.05, 3.63) is 0 Å². The number of carbonyl (C=O) groups is 1. The van der Waals surface area contributed by atoms with Crippen LogP contribution in [0.25, 0.3) is 0 Å². The number of nitrogens with zero attached hydrogens (tertiary/aromatic N) is 2. The second kappa shape index (κ2) is 4.00. The summed E-state index contributed by atoms with van der Waals surface area (Å²) in [6, 6.07) is 0. The highest BCUT2D eigenvalue weighted by Crippen LogP contribution is 2.31. The van der Waals surface area contributed by atoms with Crippen LogP contribution in [0.2, 0.25) is 0 Å². The minimum Gasteiger partial charge on any atom is -0.464 e. The lowest BCUT2D eigenvalue weighted by molar-refractivity contribution is 0.0121. The van der Waals surface area contributed by atoms with E-state index in [2.05, 4.69) is 18.7 Å². The zero-order valence-corrected chi connectivity index (χ0v) is 10.1. The Morgan fingerprint density at radius 1 is 1.69 bits per heavy atom. The molecule has 5 heteroatoms. The van der Waals surface area contributed by atoms with Crippen molar-refractivity contribution in [1.29, 1.82) is 0 Å². The Kier molecular flexibility index (Phi) is 3.39. The zero-order valence-electron chi connectivity index (χ0n) is 7.96. The zero-order chi connectivity index (χ0) is 10.1. The molecule has 1 amide bonds. The van der Waals surface area contributed by atoms with Gasteiger partial charge in [-0.25, -0.2) is 7.91 Å². The maximum absolute atomic E-state index is 10.6. The smallest absolute Gasteiger partial charge is 0.416 e. The van der Waals surface area contributed by atoms with Crippen LogP contribution in [0, 0.1) is 5.41 Å². The van der Waals surface area contributed by atoms with Gasteiger partial charge < -0.3 is 10.0 Å². The molecule has 0 aromatic heterocycles. The predicted molar refractivity (Wildman–Crippen MR) is 59.0 cm³/mol. The van der Waals surface area contributed by atoms with Crippen molar-refractivity contribution in [3.63, 3.8) is 0 Å². The highest BCUT2D eigenvalue weighted by molar-refractivity contribution is 14.1. The highest BCUT2D eigenvalue weighted by Gasteiger charge is 2.39. The van der Waals surface area contributed by atoms with Crippen LogP contribution in [0.4, 0.5) is 4.79 Å². The molecule has 1 heterocycles. The predicted octanol–water partition coefficient (Wildman–Crippen LogP) is 1.66. The van der Waals surface area contributed by atoms with Crippen LogP contribution >= 0.6 is 22.9 Å². The molecular weight excluding hydrogens is 283 g/mol. The fourth-order valence-electron chi connectivity index (χ4n) is 1.76. The van der Waals surface area contributed by atoms with Crippen LogP contribution in [-0.2, 0) is 0 Å². The van der Waals surface area contributed by atoms with E-state index in [0.29, 0.717) is 6.54 Å². The van der Waals surface area contributed by atoms with Gasteiger partial charge in [0.25, 0.3) is 0 Å². The van der Waals surface area contributed by atoms with Crippen LogP contribution in [0.15, 0.2) is 0 Å². The molecule has 0 radical (unpaired) electrons. The number of hydrogen-bond acceptors (Lipinski definition) is 2. The number of likely N-dealkylation sites (tertiary alicyclic amines) is 1. The van der Waals surface area contributed by atoms with E-state index in [-0.39, 0.29) is 5.41 Å². The molecule has 76 valence electrons. The lowest BCUT2D eigenvalue weighted by Crippen LogP contribution is -2.58. The summed E-state index contributed by atoms with van der Waals surface area (Å²) < 4.78 is 1.34. The van der Waals surface area contributed by atoms with Gasteiger partial charge in [-0.2, -0.15) is 0 Å². The molecule has 1 saturated heterocycles. The third-order valence-corrected chi connectivity index (χ3v) is 3.14. The Labute approximate surface area is 92.4 Å². The Hall–Kier alpha value is -0.0400. The molecule has 0 aromatic carbocycles. The van der Waals surface area contributed by atoms with Crippen molar-refractivity contribution in [2.75, 3.05) is 26.2 Å². The topological polar surface area (TPSA) is 43.8 Å². The Morgan fingerprint density at radius 3 is 2.62 bits per heavy atom. The Balaban J connectivity index is 2.34. The van der Waals surface area contributed by atoms with Crippen molar-refractivity contribution in [2.45, 2.75) is 13.8 Å². The minimum atomic E-state index is -0.850. The van der Waals surface area contributed by atoms with Crippen molar-refractivity contribution in [2.24, 2.45) is 5.41 Å². The van der Waals surface area contributed by atoms with Gasteiger partial charge in [-0.15, -0.1) is 0 Å². The first-order valence-corrected chi connectivity index (χ1v) is 5.32. The van der Waals surface area contributed by atoms with E-state index in [0.717, 1.165) is 19.6 Å². The molecule has 0 saturated carbocycles. The number of hydrogen-bond donors (Lipinski definition) is 1. The van der Waals surface area contributed by atoms with E-state index in [1.807, 2.05) is 22.9 Å². The van der Waals surface area contributed by atoms with Crippen molar-refractivity contribution < 1.29 is 9.90 Å². The van der Waals surface area contributed by atoms with E-state index in [1.165, 1.54) is 3.11 Å². The van der Waals surface area contributed by atoms with Gasteiger partial charge in [-0.1, -0.05) is 13.8 Å². The molecule has 0 atom stereocenters. The van der Waals surface area contributed by atoms with Crippen LogP contribution in [-0.4, -0.2) is 45.4 Å². The largest absolute Gasteiger partial charge is 0.464 e. The van der Waals surface area contributed by atoms with Crippen molar-refractivity contribution >= 4 is 29.0 Å². The van der Waals surface area contributed by atoms with Crippen molar-refractivity contribution in [3.8, 4) is 0 Å². The maximum atomic E-state index is 10.6. The molecule has 0 unspecified atom stereocenters. The molecule has 4 nitrogen and oxygen atoms in total. The monoisotopic (exact) mass is 298 g/mol. The van der Waals surface area contributed by atoms with Gasteiger partial charge in [0.15, 0.2) is 0 Å². The molecule has 13 heavy (non-hydrogen) atoms. The molecule has 0 aliphatic carbocycles. The maximum Gasteiger partial charge on any atom is 0.416 e. The summed E-state index contributed by atoms with van der Waals surface area (Å²) in [5.74, 6) is 0. The van der Waals surface area contributed by atoms with Gasteiger partial charge in [0.2, 0.25) is 0 Å². The average Bonchev–Trinajstić information content (AvgIpc) is 1.99. The quantitative estimate of drug-likeness (QED) is 0.636. The summed E-state index contributed by atoms with van der Waals surface area (Å²) in [6.07, 6.45) is -0.850. The van der Waals surface area contributed by atoms with E-state index < -0.39 is 6.09 Å². The van der Waals surface area contributed by atoms with Gasteiger partial charge in [0, 0.05) is 25.0 Å². The lowest BCUT2D eigenvalue weighted by atomic mass is 9.82. The molecular formula is C8H15IN2O2. The first kappa shape index (κ1) is 11.0. The van der Waals surface area contributed by atoms with Gasteiger partial charge in [0.05, 0.1) is 22.9 Å². The molecule has 1 fully saturated rings. The van der Waals surface area contributed by atoms with Crippen LogP contribution in [0.3, 0.4) is 0 Å². The normalized spacial score (nSPS) is 20.8. The van der Waals surface area contributed by atoms with Crippen molar-refractivity contribution in [1.82, 2.24) is 8.01 Å². The average molecular weight is 298 g/mol. The van der Waals surface area contributed by atoms with Gasteiger partial charge in [0.1, 0.15) is 0 Å². The summed E-state index contributed by atoms with van der Waals surface area (Å²) in [4.78, 5) is 12.9. The second-order valence-electron chi connectivity index (χ2n) is 3.92. The third-order valence-electron chi connectivity index (χ3n) is 2.39. The summed E-state index contributed by atoms with van der Waals surface area (Å²) in [7, 11) is 0. The molecule has 1 aliphatic heterocycles. The van der Waals surface area contributed by atoms with E-state index >= 15 is 0 Å². The Morgan fingerprint density at radius 2 is 2.23 bits per heavy atom. The molecule has 0 aromatic rings. The highest BCUT2D eigenvalue weighted by atomic mass is 127. The fourth-order valence-corrected chi connectivity index (χ4v) is 2.58. The number of carboxylic acid groups (broad SMARTS) is 1. The fraction of sp³-hybridized carbons (Fsp3) is 0.875. The van der Waals surface area contributed by atoms with E-state index in [9.17, 15) is 4.79 Å². The Bertz CT molecular complexity index is 204. The number of rotatable bonds is 3. The molecule has 0 bridgehead atoms. The number of halogens is 1. The molecule has 1 N–H and O–H groups in total. The van der Waals surface area contributed by atoms with Gasteiger partial charge >= 0.3 is 6.09 Å². The second-order valence-corrected chi connectivity index (χ2v) is 5.08. The molecule has 1 rings (SSSR count). The first-order chi connectivity index (χ1) is 5.97. The number of amides is 1. The lowest BCUT2D eigenvalue weighted by Gasteiger charge is -2.48. The SMILES string of the molecule is CCN1CC(C)(CN(I)C(=O)O)C1. The first-order valence-electron chi connectivity index (χ1n) is 4.35. The summed E-state index contributed by atoms with van der Waals surface area (Å²) in [6.45, 7) is 7.96. The minimum absolute atomic E-state index is 0.162. The van der Waals surface area contributed by atoms with E-state index in [4.69, 9.17) is 5.11 Å². The van der Waals surface area contributed by atoms with Gasteiger partial charge in [-0.3, -0.25) is 0 Å².